The second-order valence-electron chi connectivity index (χ2n) is 6.95. The predicted octanol–water partition coefficient (Wildman–Crippen LogP) is 3.03. The first kappa shape index (κ1) is 15.8. The Kier molecular flexibility index (Phi) is 3.74. The SMILES string of the molecule is CC1(C)COC2(CCCC2)Oc2ccc(CS(=O)(=O)O)cc21. The highest BCUT2D eigenvalue weighted by atomic mass is 32.2. The number of hydrogen-bond donors (Lipinski definition) is 1. The molecule has 0 unspecified atom stereocenters. The summed E-state index contributed by atoms with van der Waals surface area (Å²) in [6, 6.07) is 5.30. The van der Waals surface area contributed by atoms with Crippen LogP contribution in [0.1, 0.15) is 50.7 Å². The largest absolute Gasteiger partial charge is 0.462 e. The zero-order valence-electron chi connectivity index (χ0n) is 13.0. The van der Waals surface area contributed by atoms with E-state index in [4.69, 9.17) is 14.0 Å². The maximum Gasteiger partial charge on any atom is 0.269 e. The molecule has 1 heterocycles. The Morgan fingerprint density at radius 1 is 1.23 bits per heavy atom. The molecule has 2 aliphatic rings. The van der Waals surface area contributed by atoms with Crippen molar-refractivity contribution in [3.8, 4) is 5.75 Å². The molecule has 1 spiro atoms. The highest BCUT2D eigenvalue weighted by molar-refractivity contribution is 7.85. The summed E-state index contributed by atoms with van der Waals surface area (Å²) in [4.78, 5) is 0. The molecule has 1 aliphatic heterocycles. The first-order valence-electron chi connectivity index (χ1n) is 7.61. The molecular formula is C16H22O5S. The Balaban J connectivity index is 2.00. The standard InChI is InChI=1S/C16H22O5S/c1-15(2)11-20-16(7-3-4-8-16)21-14-6-5-12(9-13(14)15)10-22(17,18)19/h5-6,9H,3-4,7-8,10-11H2,1-2H3,(H,17,18,19). The maximum absolute atomic E-state index is 11.1. The van der Waals surface area contributed by atoms with Gasteiger partial charge in [-0.1, -0.05) is 26.0 Å². The van der Waals surface area contributed by atoms with E-state index in [2.05, 4.69) is 13.8 Å². The molecule has 1 aromatic carbocycles. The minimum Gasteiger partial charge on any atom is -0.462 e. The Hall–Kier alpha value is -1.11. The predicted molar refractivity (Wildman–Crippen MR) is 82.5 cm³/mol. The van der Waals surface area contributed by atoms with E-state index in [1.165, 1.54) is 0 Å². The van der Waals surface area contributed by atoms with Crippen LogP contribution in [0.4, 0.5) is 0 Å². The van der Waals surface area contributed by atoms with Gasteiger partial charge in [0.2, 0.25) is 5.79 Å². The smallest absolute Gasteiger partial charge is 0.269 e. The van der Waals surface area contributed by atoms with E-state index in [1.54, 1.807) is 18.2 Å². The van der Waals surface area contributed by atoms with E-state index in [0.717, 1.165) is 37.0 Å². The van der Waals surface area contributed by atoms with Gasteiger partial charge in [0.1, 0.15) is 11.5 Å². The van der Waals surface area contributed by atoms with Gasteiger partial charge in [0.25, 0.3) is 10.1 Å². The van der Waals surface area contributed by atoms with Crippen molar-refractivity contribution in [3.63, 3.8) is 0 Å². The summed E-state index contributed by atoms with van der Waals surface area (Å²) in [7, 11) is -4.04. The van der Waals surface area contributed by atoms with Crippen molar-refractivity contribution in [1.29, 1.82) is 0 Å². The number of ether oxygens (including phenoxy) is 2. The van der Waals surface area contributed by atoms with Crippen molar-refractivity contribution in [2.45, 2.75) is 56.5 Å². The van der Waals surface area contributed by atoms with Crippen LogP contribution >= 0.6 is 0 Å². The lowest BCUT2D eigenvalue weighted by molar-refractivity contribution is -0.178. The van der Waals surface area contributed by atoms with E-state index in [9.17, 15) is 8.42 Å². The lowest BCUT2D eigenvalue weighted by Gasteiger charge is -2.29. The summed E-state index contributed by atoms with van der Waals surface area (Å²) in [5.74, 6) is -0.168. The lowest BCUT2D eigenvalue weighted by atomic mass is 9.84. The Labute approximate surface area is 131 Å². The molecule has 122 valence electrons. The molecule has 0 bridgehead atoms. The minimum atomic E-state index is -4.04. The van der Waals surface area contributed by atoms with Gasteiger partial charge < -0.3 is 9.47 Å². The average Bonchev–Trinajstić information content (AvgIpc) is 2.81. The topological polar surface area (TPSA) is 72.8 Å². The normalized spacial score (nSPS) is 22.9. The van der Waals surface area contributed by atoms with Crippen molar-refractivity contribution >= 4 is 10.1 Å². The van der Waals surface area contributed by atoms with Gasteiger partial charge in [-0.2, -0.15) is 8.42 Å². The summed E-state index contributed by atoms with van der Waals surface area (Å²) in [6.45, 7) is 4.64. The van der Waals surface area contributed by atoms with Crippen molar-refractivity contribution in [1.82, 2.24) is 0 Å². The lowest BCUT2D eigenvalue weighted by Crippen LogP contribution is -2.37. The molecule has 1 saturated carbocycles. The molecule has 1 aliphatic carbocycles. The first-order chi connectivity index (χ1) is 10.2. The summed E-state index contributed by atoms with van der Waals surface area (Å²) in [6.07, 6.45) is 3.96. The van der Waals surface area contributed by atoms with Gasteiger partial charge in [-0.15, -0.1) is 0 Å². The van der Waals surface area contributed by atoms with Crippen molar-refractivity contribution < 1.29 is 22.4 Å². The molecule has 0 aromatic heterocycles. The minimum absolute atomic E-state index is 0.281. The molecule has 1 fully saturated rings. The number of fused-ring (bicyclic) bond motifs is 1. The third-order valence-electron chi connectivity index (χ3n) is 4.48. The van der Waals surface area contributed by atoms with Crippen LogP contribution < -0.4 is 4.74 Å². The van der Waals surface area contributed by atoms with Crippen molar-refractivity contribution in [2.24, 2.45) is 0 Å². The summed E-state index contributed by atoms with van der Waals surface area (Å²) in [5, 5.41) is 0. The Morgan fingerprint density at radius 3 is 2.55 bits per heavy atom. The van der Waals surface area contributed by atoms with Crippen LogP contribution in [0.3, 0.4) is 0 Å². The van der Waals surface area contributed by atoms with Gasteiger partial charge in [0, 0.05) is 23.8 Å². The summed E-state index contributed by atoms with van der Waals surface area (Å²) < 4.78 is 43.5. The van der Waals surface area contributed by atoms with Crippen LogP contribution in [0, 0.1) is 0 Å². The quantitative estimate of drug-likeness (QED) is 0.846. The molecular weight excluding hydrogens is 304 g/mol. The zero-order chi connectivity index (χ0) is 16.0. The van der Waals surface area contributed by atoms with Gasteiger partial charge in [-0.25, -0.2) is 0 Å². The number of benzene rings is 1. The molecule has 0 radical (unpaired) electrons. The van der Waals surface area contributed by atoms with Crippen LogP contribution in [0.25, 0.3) is 0 Å². The second kappa shape index (κ2) is 5.22. The summed E-state index contributed by atoms with van der Waals surface area (Å²) >= 11 is 0. The van der Waals surface area contributed by atoms with Crippen LogP contribution in [0.2, 0.25) is 0 Å². The summed E-state index contributed by atoms with van der Waals surface area (Å²) in [5.41, 5.74) is 1.20. The Morgan fingerprint density at radius 2 is 1.91 bits per heavy atom. The highest BCUT2D eigenvalue weighted by Crippen LogP contribution is 2.44. The molecule has 22 heavy (non-hydrogen) atoms. The fourth-order valence-electron chi connectivity index (χ4n) is 3.28. The van der Waals surface area contributed by atoms with Gasteiger partial charge in [-0.05, 0) is 24.5 Å². The third-order valence-corrected chi connectivity index (χ3v) is 5.18. The molecule has 5 nitrogen and oxygen atoms in total. The molecule has 1 N–H and O–H groups in total. The highest BCUT2D eigenvalue weighted by Gasteiger charge is 2.43. The average molecular weight is 326 g/mol. The fraction of sp³-hybridized carbons (Fsp3) is 0.625. The second-order valence-corrected chi connectivity index (χ2v) is 8.40. The van der Waals surface area contributed by atoms with Gasteiger partial charge in [0.15, 0.2) is 0 Å². The third kappa shape index (κ3) is 3.14. The molecule has 0 amide bonds. The van der Waals surface area contributed by atoms with Crippen LogP contribution in [0.15, 0.2) is 18.2 Å². The van der Waals surface area contributed by atoms with E-state index >= 15 is 0 Å². The molecule has 0 saturated heterocycles. The van der Waals surface area contributed by atoms with E-state index in [1.807, 2.05) is 0 Å². The maximum atomic E-state index is 11.1. The van der Waals surface area contributed by atoms with Crippen molar-refractivity contribution in [2.75, 3.05) is 6.61 Å². The van der Waals surface area contributed by atoms with Crippen LogP contribution in [-0.2, 0) is 26.0 Å². The number of rotatable bonds is 2. The van der Waals surface area contributed by atoms with E-state index in [0.29, 0.717) is 12.2 Å². The molecule has 3 rings (SSSR count). The van der Waals surface area contributed by atoms with Crippen LogP contribution in [-0.4, -0.2) is 25.4 Å². The first-order valence-corrected chi connectivity index (χ1v) is 9.22. The van der Waals surface area contributed by atoms with Gasteiger partial charge in [-0.3, -0.25) is 4.55 Å². The molecule has 0 atom stereocenters. The van der Waals surface area contributed by atoms with Crippen molar-refractivity contribution in [3.05, 3.63) is 29.3 Å². The molecule has 6 heteroatoms. The van der Waals surface area contributed by atoms with Crippen LogP contribution in [0.5, 0.6) is 5.75 Å². The van der Waals surface area contributed by atoms with Gasteiger partial charge >= 0.3 is 0 Å². The molecule has 1 aromatic rings. The zero-order valence-corrected chi connectivity index (χ0v) is 13.8. The van der Waals surface area contributed by atoms with Gasteiger partial charge in [0.05, 0.1) is 6.61 Å². The number of hydrogen-bond acceptors (Lipinski definition) is 4. The fourth-order valence-corrected chi connectivity index (χ4v) is 3.88. The Bertz CT molecular complexity index is 672. The van der Waals surface area contributed by atoms with E-state index in [-0.39, 0.29) is 11.2 Å². The van der Waals surface area contributed by atoms with E-state index < -0.39 is 15.9 Å². The monoisotopic (exact) mass is 326 g/mol.